The van der Waals surface area contributed by atoms with Crippen LogP contribution < -0.4 is 0 Å². The highest BCUT2D eigenvalue weighted by Crippen LogP contribution is 2.21. The zero-order valence-electron chi connectivity index (χ0n) is 13.3. The highest BCUT2D eigenvalue weighted by atomic mass is 14.1. The van der Waals surface area contributed by atoms with E-state index in [0.29, 0.717) is 5.92 Å². The molecule has 18 heavy (non-hydrogen) atoms. The van der Waals surface area contributed by atoms with Crippen LogP contribution in [0.25, 0.3) is 0 Å². The average Bonchev–Trinajstić information content (AvgIpc) is 2.39. The molecule has 0 rings (SSSR count). The molecule has 0 aromatic rings. The van der Waals surface area contributed by atoms with Crippen LogP contribution in [0.1, 0.15) is 97.8 Å². The van der Waals surface area contributed by atoms with Crippen LogP contribution in [0.15, 0.2) is 0 Å². The molecule has 2 atom stereocenters. The van der Waals surface area contributed by atoms with E-state index < -0.39 is 0 Å². The second kappa shape index (κ2) is 13.4. The van der Waals surface area contributed by atoms with Crippen LogP contribution >= 0.6 is 0 Å². The third-order valence-electron chi connectivity index (χ3n) is 4.23. The van der Waals surface area contributed by atoms with Crippen molar-refractivity contribution in [1.82, 2.24) is 0 Å². The zero-order valence-corrected chi connectivity index (χ0v) is 13.3. The van der Waals surface area contributed by atoms with Crippen molar-refractivity contribution in [3.8, 4) is 0 Å². The first-order valence-electron chi connectivity index (χ1n) is 8.57. The number of rotatable bonds is 13. The standard InChI is InChI=1S/C18H37/c1-5-8-13-17(4)14-11-10-12-16-18(7-3)15-9-6-2/h17-18H,4-16H2,1-3H3. The Hall–Kier alpha value is 0. The van der Waals surface area contributed by atoms with Crippen LogP contribution in [0.5, 0.6) is 0 Å². The summed E-state index contributed by atoms with van der Waals surface area (Å²) in [5, 5.41) is 0. The van der Waals surface area contributed by atoms with Crippen LogP contribution in [-0.4, -0.2) is 0 Å². The van der Waals surface area contributed by atoms with Gasteiger partial charge in [-0.15, -0.1) is 0 Å². The monoisotopic (exact) mass is 253 g/mol. The van der Waals surface area contributed by atoms with Crippen molar-refractivity contribution in [3.05, 3.63) is 6.92 Å². The minimum atomic E-state index is 0.715. The second-order valence-corrected chi connectivity index (χ2v) is 6.06. The van der Waals surface area contributed by atoms with Crippen LogP contribution in [-0.2, 0) is 0 Å². The maximum Gasteiger partial charge on any atom is -0.0414 e. The number of hydrogen-bond acceptors (Lipinski definition) is 0. The van der Waals surface area contributed by atoms with Crippen LogP contribution in [0.3, 0.4) is 0 Å². The predicted octanol–water partition coefficient (Wildman–Crippen LogP) is 6.79. The fraction of sp³-hybridized carbons (Fsp3) is 0.944. The van der Waals surface area contributed by atoms with Gasteiger partial charge in [0.15, 0.2) is 0 Å². The molecule has 0 heterocycles. The molecule has 0 saturated carbocycles. The molecule has 0 saturated heterocycles. The van der Waals surface area contributed by atoms with Gasteiger partial charge in [0.05, 0.1) is 0 Å². The Balaban J connectivity index is 3.36. The molecule has 0 aliphatic heterocycles. The SMILES string of the molecule is [CH2]C(CCCC)CCCCCC(CC)CCCC. The summed E-state index contributed by atoms with van der Waals surface area (Å²) in [7, 11) is 0. The van der Waals surface area contributed by atoms with Crippen molar-refractivity contribution >= 4 is 0 Å². The van der Waals surface area contributed by atoms with E-state index in [4.69, 9.17) is 0 Å². The molecule has 0 aromatic heterocycles. The molecule has 0 nitrogen and oxygen atoms in total. The Morgan fingerprint density at radius 1 is 0.667 bits per heavy atom. The Kier molecular flexibility index (Phi) is 13.4. The fourth-order valence-electron chi connectivity index (χ4n) is 2.73. The van der Waals surface area contributed by atoms with Gasteiger partial charge >= 0.3 is 0 Å². The largest absolute Gasteiger partial charge is 0.0654 e. The van der Waals surface area contributed by atoms with Crippen molar-refractivity contribution in [3.63, 3.8) is 0 Å². The van der Waals surface area contributed by atoms with Crippen LogP contribution in [0.2, 0.25) is 0 Å². The fourth-order valence-corrected chi connectivity index (χ4v) is 2.73. The van der Waals surface area contributed by atoms with Crippen LogP contribution in [0.4, 0.5) is 0 Å². The van der Waals surface area contributed by atoms with E-state index in [2.05, 4.69) is 27.7 Å². The van der Waals surface area contributed by atoms with Gasteiger partial charge in [0.1, 0.15) is 0 Å². The third-order valence-corrected chi connectivity index (χ3v) is 4.23. The molecule has 0 aliphatic rings. The first-order valence-corrected chi connectivity index (χ1v) is 8.57. The minimum absolute atomic E-state index is 0.715. The summed E-state index contributed by atoms with van der Waals surface area (Å²) in [6, 6.07) is 0. The van der Waals surface area contributed by atoms with Gasteiger partial charge in [-0.3, -0.25) is 0 Å². The molecule has 1 radical (unpaired) electrons. The van der Waals surface area contributed by atoms with Gasteiger partial charge < -0.3 is 0 Å². The minimum Gasteiger partial charge on any atom is -0.0654 e. The molecule has 0 amide bonds. The lowest BCUT2D eigenvalue weighted by Gasteiger charge is -2.14. The smallest absolute Gasteiger partial charge is 0.0414 e. The normalized spacial score (nSPS) is 14.7. The summed E-state index contributed by atoms with van der Waals surface area (Å²) in [5.74, 6) is 1.72. The number of unbranched alkanes of at least 4 members (excludes halogenated alkanes) is 4. The molecular formula is C18H37. The topological polar surface area (TPSA) is 0 Å². The average molecular weight is 253 g/mol. The summed E-state index contributed by atoms with van der Waals surface area (Å²) in [6.45, 7) is 11.2. The summed E-state index contributed by atoms with van der Waals surface area (Å²) < 4.78 is 0. The van der Waals surface area contributed by atoms with E-state index in [0.717, 1.165) is 5.92 Å². The molecule has 109 valence electrons. The molecule has 0 aliphatic carbocycles. The first kappa shape index (κ1) is 18.0. The maximum atomic E-state index is 4.26. The highest BCUT2D eigenvalue weighted by Gasteiger charge is 2.06. The van der Waals surface area contributed by atoms with Crippen molar-refractivity contribution in [1.29, 1.82) is 0 Å². The van der Waals surface area contributed by atoms with Gasteiger partial charge in [-0.1, -0.05) is 105 Å². The molecule has 0 bridgehead atoms. The van der Waals surface area contributed by atoms with Gasteiger partial charge in [-0.25, -0.2) is 0 Å². The van der Waals surface area contributed by atoms with Crippen molar-refractivity contribution < 1.29 is 0 Å². The highest BCUT2D eigenvalue weighted by molar-refractivity contribution is 4.62. The van der Waals surface area contributed by atoms with E-state index in [1.807, 2.05) is 0 Å². The van der Waals surface area contributed by atoms with Crippen LogP contribution in [0, 0.1) is 18.8 Å². The van der Waals surface area contributed by atoms with Gasteiger partial charge in [0.25, 0.3) is 0 Å². The summed E-state index contributed by atoms with van der Waals surface area (Å²) in [4.78, 5) is 0. The lowest BCUT2D eigenvalue weighted by Crippen LogP contribution is -1.99. The summed E-state index contributed by atoms with van der Waals surface area (Å²) >= 11 is 0. The zero-order chi connectivity index (χ0) is 13.6. The van der Waals surface area contributed by atoms with E-state index in [-0.39, 0.29) is 0 Å². The molecule has 0 spiro atoms. The third kappa shape index (κ3) is 11.1. The van der Waals surface area contributed by atoms with Crippen molar-refractivity contribution in [2.75, 3.05) is 0 Å². The Labute approximate surface area is 117 Å². The lowest BCUT2D eigenvalue weighted by molar-refractivity contribution is 0.394. The molecule has 0 aromatic carbocycles. The van der Waals surface area contributed by atoms with E-state index in [1.54, 1.807) is 0 Å². The lowest BCUT2D eigenvalue weighted by atomic mass is 9.92. The summed E-state index contributed by atoms with van der Waals surface area (Å²) in [5.41, 5.74) is 0. The van der Waals surface area contributed by atoms with Gasteiger partial charge in [-0.2, -0.15) is 0 Å². The Morgan fingerprint density at radius 3 is 1.78 bits per heavy atom. The Bertz CT molecular complexity index is 150. The molecule has 0 heteroatoms. The summed E-state index contributed by atoms with van der Waals surface area (Å²) in [6.07, 6.45) is 16.8. The van der Waals surface area contributed by atoms with Gasteiger partial charge in [0, 0.05) is 0 Å². The van der Waals surface area contributed by atoms with Gasteiger partial charge in [-0.05, 0) is 11.8 Å². The number of hydrogen-bond donors (Lipinski definition) is 0. The predicted molar refractivity (Wildman–Crippen MR) is 84.8 cm³/mol. The molecule has 0 fully saturated rings. The van der Waals surface area contributed by atoms with Gasteiger partial charge in [0.2, 0.25) is 0 Å². The second-order valence-electron chi connectivity index (χ2n) is 6.06. The van der Waals surface area contributed by atoms with Crippen molar-refractivity contribution in [2.24, 2.45) is 11.8 Å². The van der Waals surface area contributed by atoms with E-state index in [9.17, 15) is 0 Å². The van der Waals surface area contributed by atoms with E-state index in [1.165, 1.54) is 77.0 Å². The first-order chi connectivity index (χ1) is 8.74. The molecule has 2 unspecified atom stereocenters. The maximum absolute atomic E-state index is 4.26. The van der Waals surface area contributed by atoms with E-state index >= 15 is 0 Å². The Morgan fingerprint density at radius 2 is 1.17 bits per heavy atom. The molecular weight excluding hydrogens is 216 g/mol. The van der Waals surface area contributed by atoms with Crippen molar-refractivity contribution in [2.45, 2.75) is 97.8 Å². The quantitative estimate of drug-likeness (QED) is 0.317. The molecule has 0 N–H and O–H groups in total.